The van der Waals surface area contributed by atoms with Gasteiger partial charge in [-0.3, -0.25) is 9.69 Å². The summed E-state index contributed by atoms with van der Waals surface area (Å²) in [6.45, 7) is 3.49. The van der Waals surface area contributed by atoms with E-state index in [1.807, 2.05) is 0 Å². The zero-order chi connectivity index (χ0) is 13.9. The fourth-order valence-electron chi connectivity index (χ4n) is 2.88. The van der Waals surface area contributed by atoms with Gasteiger partial charge in [0.05, 0.1) is 13.2 Å². The van der Waals surface area contributed by atoms with Crippen LogP contribution >= 0.6 is 0 Å². The highest BCUT2D eigenvalue weighted by Crippen LogP contribution is 2.29. The molecule has 2 aliphatic rings. The molecule has 0 aromatic carbocycles. The van der Waals surface area contributed by atoms with Crippen molar-refractivity contribution in [2.24, 2.45) is 5.73 Å². The molecule has 7 heteroatoms. The van der Waals surface area contributed by atoms with E-state index in [2.05, 4.69) is 15.0 Å². The molecule has 2 aliphatic heterocycles. The van der Waals surface area contributed by atoms with Crippen LogP contribution in [0.1, 0.15) is 42.8 Å². The number of rotatable bonds is 4. The lowest BCUT2D eigenvalue weighted by Gasteiger charge is -2.29. The normalized spacial score (nSPS) is 25.1. The molecule has 0 radical (unpaired) electrons. The van der Waals surface area contributed by atoms with E-state index in [1.54, 1.807) is 0 Å². The number of primary amides is 1. The maximum atomic E-state index is 10.9. The van der Waals surface area contributed by atoms with Gasteiger partial charge in [0.25, 0.3) is 0 Å². The molecule has 2 fully saturated rings. The van der Waals surface area contributed by atoms with E-state index in [1.165, 1.54) is 0 Å². The van der Waals surface area contributed by atoms with Crippen LogP contribution in [0.3, 0.4) is 0 Å². The highest BCUT2D eigenvalue weighted by atomic mass is 16.5. The van der Waals surface area contributed by atoms with E-state index >= 15 is 0 Å². The second kappa shape index (κ2) is 5.88. The summed E-state index contributed by atoms with van der Waals surface area (Å²) < 4.78 is 10.8. The zero-order valence-electron chi connectivity index (χ0n) is 11.5. The monoisotopic (exact) mass is 280 g/mol. The average Bonchev–Trinajstić information content (AvgIpc) is 3.10. The predicted molar refractivity (Wildman–Crippen MR) is 70.1 cm³/mol. The third-order valence-electron chi connectivity index (χ3n) is 4.07. The molecule has 20 heavy (non-hydrogen) atoms. The summed E-state index contributed by atoms with van der Waals surface area (Å²) in [7, 11) is 0. The number of carbonyl (C=O) groups is 1. The van der Waals surface area contributed by atoms with Gasteiger partial charge in [0, 0.05) is 18.4 Å². The van der Waals surface area contributed by atoms with E-state index in [9.17, 15) is 4.79 Å². The largest absolute Gasteiger partial charge is 0.381 e. The summed E-state index contributed by atoms with van der Waals surface area (Å²) in [6.07, 6.45) is 2.82. The molecule has 2 N–H and O–H groups in total. The first-order valence-corrected chi connectivity index (χ1v) is 7.14. The Labute approximate surface area is 117 Å². The molecule has 0 saturated carbocycles. The summed E-state index contributed by atoms with van der Waals surface area (Å²) in [5.74, 6) is 1.80. The number of piperidine rings is 1. The highest BCUT2D eigenvalue weighted by molar-refractivity contribution is 5.75. The van der Waals surface area contributed by atoms with Gasteiger partial charge in [0.2, 0.25) is 11.8 Å². The van der Waals surface area contributed by atoms with Crippen LogP contribution in [0.5, 0.6) is 0 Å². The van der Waals surface area contributed by atoms with Crippen molar-refractivity contribution >= 4 is 5.91 Å². The lowest BCUT2D eigenvalue weighted by Crippen LogP contribution is -2.39. The minimum atomic E-state index is -0.273. The van der Waals surface area contributed by atoms with Crippen LogP contribution in [-0.2, 0) is 9.53 Å². The standard InChI is InChI=1S/C13H20N4O3/c14-11(18)7-17-4-1-9(2-5-17)13-15-12(16-20-13)10-3-6-19-8-10/h9-10H,1-8H2,(H2,14,18)/t10-/m1/s1. The Hall–Kier alpha value is -1.47. The number of nitrogens with zero attached hydrogens (tertiary/aromatic N) is 3. The summed E-state index contributed by atoms with van der Waals surface area (Å²) in [4.78, 5) is 17.5. The van der Waals surface area contributed by atoms with E-state index < -0.39 is 0 Å². The molecule has 2 saturated heterocycles. The Kier molecular flexibility index (Phi) is 3.98. The minimum absolute atomic E-state index is 0.273. The van der Waals surface area contributed by atoms with Gasteiger partial charge in [-0.2, -0.15) is 4.98 Å². The first kappa shape index (κ1) is 13.5. The molecule has 1 atom stereocenters. The van der Waals surface area contributed by atoms with Gasteiger partial charge in [-0.15, -0.1) is 0 Å². The number of amides is 1. The summed E-state index contributed by atoms with van der Waals surface area (Å²) in [5.41, 5.74) is 5.21. The van der Waals surface area contributed by atoms with E-state index in [4.69, 9.17) is 15.0 Å². The van der Waals surface area contributed by atoms with Gasteiger partial charge in [-0.25, -0.2) is 0 Å². The number of hydrogen-bond donors (Lipinski definition) is 1. The molecule has 3 heterocycles. The maximum absolute atomic E-state index is 10.9. The fraction of sp³-hybridized carbons (Fsp3) is 0.769. The first-order valence-electron chi connectivity index (χ1n) is 7.14. The molecule has 0 spiro atoms. The van der Waals surface area contributed by atoms with Gasteiger partial charge < -0.3 is 15.0 Å². The summed E-state index contributed by atoms with van der Waals surface area (Å²) >= 11 is 0. The van der Waals surface area contributed by atoms with Crippen molar-refractivity contribution in [2.45, 2.75) is 31.1 Å². The first-order chi connectivity index (χ1) is 9.72. The van der Waals surface area contributed by atoms with Crippen molar-refractivity contribution in [3.8, 4) is 0 Å². The zero-order valence-corrected chi connectivity index (χ0v) is 11.5. The van der Waals surface area contributed by atoms with Crippen molar-refractivity contribution in [3.63, 3.8) is 0 Å². The number of carbonyl (C=O) groups excluding carboxylic acids is 1. The minimum Gasteiger partial charge on any atom is -0.381 e. The van der Waals surface area contributed by atoms with Gasteiger partial charge >= 0.3 is 0 Å². The average molecular weight is 280 g/mol. The number of nitrogens with two attached hydrogens (primary N) is 1. The fourth-order valence-corrected chi connectivity index (χ4v) is 2.88. The van der Waals surface area contributed by atoms with Crippen LogP contribution in [-0.4, -0.2) is 53.8 Å². The molecule has 1 aromatic heterocycles. The third kappa shape index (κ3) is 2.99. The van der Waals surface area contributed by atoms with E-state index in [0.717, 1.165) is 50.7 Å². The van der Waals surface area contributed by atoms with Crippen molar-refractivity contribution < 1.29 is 14.1 Å². The van der Waals surface area contributed by atoms with Crippen LogP contribution in [0.4, 0.5) is 0 Å². The molecular weight excluding hydrogens is 260 g/mol. The van der Waals surface area contributed by atoms with Gasteiger partial charge in [0.1, 0.15) is 0 Å². The lowest BCUT2D eigenvalue weighted by molar-refractivity contribution is -0.119. The predicted octanol–water partition coefficient (Wildman–Crippen LogP) is 0.238. The van der Waals surface area contributed by atoms with Crippen LogP contribution in [0, 0.1) is 0 Å². The smallest absolute Gasteiger partial charge is 0.231 e. The molecule has 110 valence electrons. The van der Waals surface area contributed by atoms with Gasteiger partial charge in [0.15, 0.2) is 5.82 Å². The molecule has 0 bridgehead atoms. The van der Waals surface area contributed by atoms with Crippen LogP contribution in [0.2, 0.25) is 0 Å². The number of ether oxygens (including phenoxy) is 1. The van der Waals surface area contributed by atoms with Crippen LogP contribution in [0.25, 0.3) is 0 Å². The Morgan fingerprint density at radius 2 is 2.10 bits per heavy atom. The number of likely N-dealkylation sites (tertiary alicyclic amines) is 1. The molecule has 3 rings (SSSR count). The summed E-state index contributed by atoms with van der Waals surface area (Å²) in [5, 5.41) is 4.09. The molecular formula is C13H20N4O3. The highest BCUT2D eigenvalue weighted by Gasteiger charge is 2.28. The maximum Gasteiger partial charge on any atom is 0.231 e. The number of aromatic nitrogens is 2. The SMILES string of the molecule is NC(=O)CN1CCC(c2nc([C@@H]3CCOC3)no2)CC1. The van der Waals surface area contributed by atoms with Crippen LogP contribution < -0.4 is 5.73 Å². The molecule has 0 aliphatic carbocycles. The Morgan fingerprint density at radius 1 is 1.30 bits per heavy atom. The Morgan fingerprint density at radius 3 is 2.75 bits per heavy atom. The molecule has 1 aromatic rings. The van der Waals surface area contributed by atoms with Crippen molar-refractivity contribution in [1.82, 2.24) is 15.0 Å². The topological polar surface area (TPSA) is 94.5 Å². The quantitative estimate of drug-likeness (QED) is 0.849. The van der Waals surface area contributed by atoms with Crippen LogP contribution in [0.15, 0.2) is 4.52 Å². The number of hydrogen-bond acceptors (Lipinski definition) is 6. The molecule has 7 nitrogen and oxygen atoms in total. The molecule has 0 unspecified atom stereocenters. The second-order valence-electron chi connectivity index (χ2n) is 5.57. The summed E-state index contributed by atoms with van der Waals surface area (Å²) in [6, 6.07) is 0. The van der Waals surface area contributed by atoms with Crippen molar-refractivity contribution in [1.29, 1.82) is 0 Å². The Bertz CT molecular complexity index is 462. The van der Waals surface area contributed by atoms with E-state index in [0.29, 0.717) is 19.1 Å². The third-order valence-corrected chi connectivity index (χ3v) is 4.07. The second-order valence-corrected chi connectivity index (χ2v) is 5.57. The van der Waals surface area contributed by atoms with Crippen molar-refractivity contribution in [3.05, 3.63) is 11.7 Å². The van der Waals surface area contributed by atoms with Gasteiger partial charge in [-0.1, -0.05) is 5.16 Å². The van der Waals surface area contributed by atoms with Crippen molar-refractivity contribution in [2.75, 3.05) is 32.8 Å². The Balaban J connectivity index is 1.56. The molecule has 1 amide bonds. The van der Waals surface area contributed by atoms with Gasteiger partial charge in [-0.05, 0) is 32.4 Å². The lowest BCUT2D eigenvalue weighted by atomic mass is 9.96. The van der Waals surface area contributed by atoms with E-state index in [-0.39, 0.29) is 11.8 Å².